The van der Waals surface area contributed by atoms with E-state index in [4.69, 9.17) is 0 Å². The van der Waals surface area contributed by atoms with Crippen LogP contribution in [0, 0.1) is 12.7 Å². The first-order chi connectivity index (χ1) is 12.0. The SMILES string of the molecule is CCSc1ccc(Cc2c(C)n(CC(=O)O)c3ccc(F)cc23)cc1. The molecule has 0 aliphatic carbocycles. The molecule has 0 fully saturated rings. The van der Waals surface area contributed by atoms with E-state index in [9.17, 15) is 14.3 Å². The van der Waals surface area contributed by atoms with E-state index in [1.807, 2.05) is 6.92 Å². The lowest BCUT2D eigenvalue weighted by atomic mass is 10.0. The Bertz CT molecular complexity index is 916. The van der Waals surface area contributed by atoms with Crippen LogP contribution in [0.3, 0.4) is 0 Å². The van der Waals surface area contributed by atoms with Crippen LogP contribution in [0.25, 0.3) is 10.9 Å². The van der Waals surface area contributed by atoms with Crippen molar-refractivity contribution < 1.29 is 14.3 Å². The molecule has 3 nitrogen and oxygen atoms in total. The summed E-state index contributed by atoms with van der Waals surface area (Å²) in [5, 5.41) is 9.97. The summed E-state index contributed by atoms with van der Waals surface area (Å²) in [6.45, 7) is 3.89. The smallest absolute Gasteiger partial charge is 0.323 e. The van der Waals surface area contributed by atoms with Gasteiger partial charge in [-0.2, -0.15) is 0 Å². The Labute approximate surface area is 150 Å². The van der Waals surface area contributed by atoms with Gasteiger partial charge in [-0.05, 0) is 60.6 Å². The summed E-state index contributed by atoms with van der Waals surface area (Å²) in [4.78, 5) is 12.4. The maximum Gasteiger partial charge on any atom is 0.323 e. The third kappa shape index (κ3) is 3.71. The molecule has 0 unspecified atom stereocenters. The summed E-state index contributed by atoms with van der Waals surface area (Å²) in [6, 6.07) is 12.9. The Hall–Kier alpha value is -2.27. The fraction of sp³-hybridized carbons (Fsp3) is 0.250. The van der Waals surface area contributed by atoms with Gasteiger partial charge in [-0.25, -0.2) is 4.39 Å². The van der Waals surface area contributed by atoms with Crippen LogP contribution in [-0.2, 0) is 17.8 Å². The van der Waals surface area contributed by atoms with Crippen LogP contribution < -0.4 is 0 Å². The highest BCUT2D eigenvalue weighted by molar-refractivity contribution is 7.99. The minimum Gasteiger partial charge on any atom is -0.480 e. The van der Waals surface area contributed by atoms with Crippen LogP contribution in [0.4, 0.5) is 4.39 Å². The van der Waals surface area contributed by atoms with Crippen molar-refractivity contribution in [1.29, 1.82) is 0 Å². The van der Waals surface area contributed by atoms with Crippen LogP contribution in [0.1, 0.15) is 23.7 Å². The minimum absolute atomic E-state index is 0.125. The molecular weight excluding hydrogens is 337 g/mol. The molecule has 0 saturated carbocycles. The molecule has 0 amide bonds. The van der Waals surface area contributed by atoms with Crippen molar-refractivity contribution in [1.82, 2.24) is 4.57 Å². The summed E-state index contributed by atoms with van der Waals surface area (Å²) in [7, 11) is 0. The van der Waals surface area contributed by atoms with E-state index in [1.165, 1.54) is 17.0 Å². The zero-order chi connectivity index (χ0) is 18.0. The molecular formula is C20H20FNO2S. The molecule has 0 radical (unpaired) electrons. The molecule has 3 rings (SSSR count). The second-order valence-electron chi connectivity index (χ2n) is 5.96. The molecule has 1 heterocycles. The second-order valence-corrected chi connectivity index (χ2v) is 7.30. The van der Waals surface area contributed by atoms with E-state index in [0.717, 1.165) is 33.5 Å². The first-order valence-electron chi connectivity index (χ1n) is 8.20. The van der Waals surface area contributed by atoms with Gasteiger partial charge >= 0.3 is 5.97 Å². The number of carboxylic acid groups (broad SMARTS) is 1. The highest BCUT2D eigenvalue weighted by Gasteiger charge is 2.16. The molecule has 130 valence electrons. The number of aliphatic carboxylic acids is 1. The third-order valence-electron chi connectivity index (χ3n) is 4.32. The lowest BCUT2D eigenvalue weighted by Crippen LogP contribution is -2.10. The highest BCUT2D eigenvalue weighted by atomic mass is 32.2. The summed E-state index contributed by atoms with van der Waals surface area (Å²) in [5.41, 5.74) is 3.73. The Morgan fingerprint density at radius 2 is 1.92 bits per heavy atom. The number of aromatic nitrogens is 1. The number of rotatable bonds is 6. The van der Waals surface area contributed by atoms with Gasteiger partial charge in [0.25, 0.3) is 0 Å². The van der Waals surface area contributed by atoms with E-state index in [1.54, 1.807) is 22.4 Å². The predicted molar refractivity (Wildman–Crippen MR) is 99.9 cm³/mol. The van der Waals surface area contributed by atoms with E-state index in [0.29, 0.717) is 6.42 Å². The quantitative estimate of drug-likeness (QED) is 0.640. The van der Waals surface area contributed by atoms with Gasteiger partial charge in [0.1, 0.15) is 12.4 Å². The van der Waals surface area contributed by atoms with Crippen LogP contribution >= 0.6 is 11.8 Å². The van der Waals surface area contributed by atoms with E-state index in [2.05, 4.69) is 31.2 Å². The number of benzene rings is 2. The van der Waals surface area contributed by atoms with Crippen LogP contribution in [0.2, 0.25) is 0 Å². The predicted octanol–water partition coefficient (Wildman–Crippen LogP) is 4.88. The lowest BCUT2D eigenvalue weighted by molar-refractivity contribution is -0.137. The first kappa shape index (κ1) is 17.5. The molecule has 0 aliphatic rings. The topological polar surface area (TPSA) is 42.2 Å². The number of fused-ring (bicyclic) bond motifs is 1. The van der Waals surface area contributed by atoms with E-state index >= 15 is 0 Å². The molecule has 25 heavy (non-hydrogen) atoms. The van der Waals surface area contributed by atoms with Gasteiger partial charge in [0, 0.05) is 21.5 Å². The van der Waals surface area contributed by atoms with Crippen molar-refractivity contribution in [3.8, 4) is 0 Å². The maximum atomic E-state index is 13.8. The molecule has 0 bridgehead atoms. The van der Waals surface area contributed by atoms with Crippen LogP contribution in [0.15, 0.2) is 47.4 Å². The van der Waals surface area contributed by atoms with E-state index < -0.39 is 5.97 Å². The van der Waals surface area contributed by atoms with Gasteiger partial charge in [0.2, 0.25) is 0 Å². The fourth-order valence-corrected chi connectivity index (χ4v) is 3.82. The van der Waals surface area contributed by atoms with Crippen molar-refractivity contribution >= 4 is 28.6 Å². The number of nitrogens with zero attached hydrogens (tertiary/aromatic N) is 1. The van der Waals surface area contributed by atoms with Gasteiger partial charge in [0.05, 0.1) is 0 Å². The van der Waals surface area contributed by atoms with Gasteiger partial charge in [0.15, 0.2) is 0 Å². The van der Waals surface area contributed by atoms with Crippen molar-refractivity contribution in [3.05, 3.63) is 65.1 Å². The summed E-state index contributed by atoms with van der Waals surface area (Å²) >= 11 is 1.79. The minimum atomic E-state index is -0.906. The zero-order valence-corrected chi connectivity index (χ0v) is 15.1. The monoisotopic (exact) mass is 357 g/mol. The molecule has 3 aromatic rings. The van der Waals surface area contributed by atoms with Gasteiger partial charge in [-0.15, -0.1) is 11.8 Å². The van der Waals surface area contributed by atoms with Gasteiger partial charge < -0.3 is 9.67 Å². The molecule has 1 aromatic heterocycles. The van der Waals surface area contributed by atoms with Crippen LogP contribution in [0.5, 0.6) is 0 Å². The molecule has 1 N–H and O–H groups in total. The third-order valence-corrected chi connectivity index (χ3v) is 5.22. The standard InChI is InChI=1S/C20H20FNO2S/c1-3-25-16-7-4-14(5-8-16)10-17-13(2)22(12-20(23)24)19-9-6-15(21)11-18(17)19/h4-9,11H,3,10,12H2,1-2H3,(H,23,24). The highest BCUT2D eigenvalue weighted by Crippen LogP contribution is 2.29. The van der Waals surface area contributed by atoms with Gasteiger partial charge in [-0.1, -0.05) is 19.1 Å². The molecule has 0 spiro atoms. The Balaban J connectivity index is 2.04. The Morgan fingerprint density at radius 1 is 1.20 bits per heavy atom. The number of hydrogen-bond acceptors (Lipinski definition) is 2. The Kier molecular flexibility index (Phi) is 5.13. The Morgan fingerprint density at radius 3 is 2.56 bits per heavy atom. The average molecular weight is 357 g/mol. The normalized spacial score (nSPS) is 11.2. The first-order valence-corrected chi connectivity index (χ1v) is 9.19. The van der Waals surface area contributed by atoms with Gasteiger partial charge in [-0.3, -0.25) is 4.79 Å². The number of hydrogen-bond donors (Lipinski definition) is 1. The summed E-state index contributed by atoms with van der Waals surface area (Å²) in [5.74, 6) is -0.187. The molecule has 5 heteroatoms. The second kappa shape index (κ2) is 7.31. The largest absolute Gasteiger partial charge is 0.480 e. The fourth-order valence-electron chi connectivity index (χ4n) is 3.16. The van der Waals surface area contributed by atoms with Crippen molar-refractivity contribution in [2.24, 2.45) is 0 Å². The molecule has 0 aliphatic heterocycles. The van der Waals surface area contributed by atoms with Crippen molar-refractivity contribution in [2.75, 3.05) is 5.75 Å². The number of halogens is 1. The van der Waals surface area contributed by atoms with E-state index in [-0.39, 0.29) is 12.4 Å². The van der Waals surface area contributed by atoms with Crippen molar-refractivity contribution in [2.45, 2.75) is 31.7 Å². The zero-order valence-electron chi connectivity index (χ0n) is 14.3. The molecule has 2 aromatic carbocycles. The number of carboxylic acids is 1. The van der Waals surface area contributed by atoms with Crippen LogP contribution in [-0.4, -0.2) is 21.4 Å². The maximum absolute atomic E-state index is 13.8. The number of carbonyl (C=O) groups is 1. The van der Waals surface area contributed by atoms with Crippen molar-refractivity contribution in [3.63, 3.8) is 0 Å². The molecule has 0 atom stereocenters. The number of thioether (sulfide) groups is 1. The lowest BCUT2D eigenvalue weighted by Gasteiger charge is -2.06. The summed E-state index contributed by atoms with van der Waals surface area (Å²) < 4.78 is 15.5. The summed E-state index contributed by atoms with van der Waals surface area (Å²) in [6.07, 6.45) is 0.648. The average Bonchev–Trinajstić information content (AvgIpc) is 2.81. The molecule has 0 saturated heterocycles.